The summed E-state index contributed by atoms with van der Waals surface area (Å²) in [5.41, 5.74) is 0. The number of nitrogens with one attached hydrogen (secondary N) is 1. The van der Waals surface area contributed by atoms with Crippen molar-refractivity contribution in [3.05, 3.63) is 36.5 Å². The van der Waals surface area contributed by atoms with Crippen LogP contribution in [0.3, 0.4) is 0 Å². The van der Waals surface area contributed by atoms with Gasteiger partial charge in [0.1, 0.15) is 24.4 Å². The summed E-state index contributed by atoms with van der Waals surface area (Å²) in [7, 11) is 0. The minimum atomic E-state index is -1.57. The topological polar surface area (TPSA) is 149 Å². The zero-order valence-electron chi connectivity index (χ0n) is 43.7. The Balaban J connectivity index is 2.21. The number of unbranched alkanes of at least 4 members (excludes halogenated alkanes) is 35. The van der Waals surface area contributed by atoms with Gasteiger partial charge in [0.2, 0.25) is 5.91 Å². The molecule has 67 heavy (non-hydrogen) atoms. The van der Waals surface area contributed by atoms with Crippen molar-refractivity contribution < 1.29 is 39.8 Å². The second kappa shape index (κ2) is 48.1. The Morgan fingerprint density at radius 2 is 0.851 bits per heavy atom. The largest absolute Gasteiger partial charge is 0.394 e. The highest BCUT2D eigenvalue weighted by Crippen LogP contribution is 2.23. The third-order valence-electron chi connectivity index (χ3n) is 13.7. The Bertz CT molecular complexity index is 1150. The Kier molecular flexibility index (Phi) is 45.5. The van der Waals surface area contributed by atoms with Gasteiger partial charge in [-0.15, -0.1) is 0 Å². The summed E-state index contributed by atoms with van der Waals surface area (Å²) in [6.45, 7) is 3.78. The quantitative estimate of drug-likeness (QED) is 0.0261. The van der Waals surface area contributed by atoms with Crippen molar-refractivity contribution in [2.75, 3.05) is 13.2 Å². The number of aliphatic hydroxyl groups excluding tert-OH is 5. The fraction of sp³-hybridized carbons (Fsp3) is 0.879. The molecule has 9 nitrogen and oxygen atoms in total. The van der Waals surface area contributed by atoms with Crippen LogP contribution >= 0.6 is 0 Å². The first-order valence-electron chi connectivity index (χ1n) is 28.7. The average Bonchev–Trinajstić information content (AvgIpc) is 3.33. The number of hydrogen-bond acceptors (Lipinski definition) is 8. The lowest BCUT2D eigenvalue weighted by Gasteiger charge is -2.40. The highest BCUT2D eigenvalue weighted by Gasteiger charge is 2.44. The van der Waals surface area contributed by atoms with E-state index in [1.807, 2.05) is 6.08 Å². The van der Waals surface area contributed by atoms with Gasteiger partial charge in [0.15, 0.2) is 6.29 Å². The molecule has 1 rings (SSSR count). The van der Waals surface area contributed by atoms with E-state index in [9.17, 15) is 30.3 Å². The predicted molar refractivity (Wildman–Crippen MR) is 281 cm³/mol. The highest BCUT2D eigenvalue weighted by atomic mass is 16.7. The first kappa shape index (κ1) is 63.4. The van der Waals surface area contributed by atoms with Crippen molar-refractivity contribution in [2.24, 2.45) is 0 Å². The Morgan fingerprint density at radius 1 is 0.493 bits per heavy atom. The van der Waals surface area contributed by atoms with Crippen LogP contribution in [0.4, 0.5) is 0 Å². The minimum Gasteiger partial charge on any atom is -0.394 e. The van der Waals surface area contributed by atoms with E-state index in [4.69, 9.17) is 9.47 Å². The number of carbonyl (C=O) groups is 1. The summed E-state index contributed by atoms with van der Waals surface area (Å²) >= 11 is 0. The number of aliphatic hydroxyl groups is 5. The molecule has 0 spiro atoms. The number of carbonyl (C=O) groups excluding carboxylic acids is 1. The molecule has 1 saturated heterocycles. The van der Waals surface area contributed by atoms with Crippen LogP contribution in [0.1, 0.15) is 271 Å². The SMILES string of the molecule is CCCCCCCCCC/C=C\CCCCCCCCCCCCCCCCCC(=O)NC(COC1OC(CO)C(O)C(O)C1O)C(O)/C=C/CC/C=C/CCCCCCCCCCCCC. The molecule has 1 amide bonds. The van der Waals surface area contributed by atoms with Crippen molar-refractivity contribution >= 4 is 5.91 Å². The van der Waals surface area contributed by atoms with Crippen molar-refractivity contribution in [1.29, 1.82) is 0 Å². The van der Waals surface area contributed by atoms with E-state index in [2.05, 4.69) is 43.5 Å². The van der Waals surface area contributed by atoms with Crippen LogP contribution in [0.5, 0.6) is 0 Å². The van der Waals surface area contributed by atoms with Gasteiger partial charge in [0.05, 0.1) is 25.4 Å². The standard InChI is InChI=1S/C58H109NO8/c1-3-5-7-9-11-13-15-17-19-21-22-23-24-25-26-27-28-29-30-32-34-36-38-40-42-44-46-48-54(62)59-51(50-66-58-57(65)56(64)55(63)53(49-60)67-58)52(61)47-45-43-41-39-37-35-33-31-20-18-16-14-12-10-8-6-4-2/h21-22,37,39,45,47,51-53,55-58,60-61,63-65H,3-20,23-36,38,40-44,46,48-50H2,1-2H3,(H,59,62)/b22-21-,39-37+,47-45+. The normalized spacial score (nSPS) is 19.9. The molecule has 9 heteroatoms. The fourth-order valence-electron chi connectivity index (χ4n) is 9.11. The number of ether oxygens (including phenoxy) is 2. The van der Waals surface area contributed by atoms with Crippen molar-refractivity contribution in [3.8, 4) is 0 Å². The minimum absolute atomic E-state index is 0.183. The zero-order valence-corrected chi connectivity index (χ0v) is 43.7. The summed E-state index contributed by atoms with van der Waals surface area (Å²) in [6.07, 6.45) is 55.0. The maximum atomic E-state index is 13.0. The van der Waals surface area contributed by atoms with Gasteiger partial charge < -0.3 is 40.3 Å². The molecule has 0 saturated carbocycles. The molecule has 7 unspecified atom stereocenters. The van der Waals surface area contributed by atoms with E-state index in [1.54, 1.807) is 6.08 Å². The second-order valence-corrected chi connectivity index (χ2v) is 20.1. The van der Waals surface area contributed by atoms with Gasteiger partial charge in [-0.1, -0.05) is 243 Å². The van der Waals surface area contributed by atoms with Gasteiger partial charge in [0.25, 0.3) is 0 Å². The van der Waals surface area contributed by atoms with E-state index in [0.717, 1.165) is 38.5 Å². The first-order chi connectivity index (χ1) is 32.8. The molecule has 0 aromatic heterocycles. The van der Waals surface area contributed by atoms with E-state index < -0.39 is 49.5 Å². The molecule has 1 aliphatic rings. The molecule has 7 atom stereocenters. The van der Waals surface area contributed by atoms with Crippen LogP contribution < -0.4 is 5.32 Å². The lowest BCUT2D eigenvalue weighted by Crippen LogP contribution is -2.60. The molecular formula is C58H109NO8. The molecule has 0 radical (unpaired) electrons. The van der Waals surface area contributed by atoms with Crippen LogP contribution in [0.2, 0.25) is 0 Å². The maximum absolute atomic E-state index is 13.0. The summed E-state index contributed by atoms with van der Waals surface area (Å²) < 4.78 is 11.3. The van der Waals surface area contributed by atoms with Gasteiger partial charge in [0, 0.05) is 6.42 Å². The molecule has 6 N–H and O–H groups in total. The third kappa shape index (κ3) is 37.9. The molecule has 0 bridgehead atoms. The van der Waals surface area contributed by atoms with Gasteiger partial charge in [-0.2, -0.15) is 0 Å². The number of allylic oxidation sites excluding steroid dienone is 5. The van der Waals surface area contributed by atoms with Gasteiger partial charge >= 0.3 is 0 Å². The summed E-state index contributed by atoms with van der Waals surface area (Å²) in [6, 6.07) is -0.820. The van der Waals surface area contributed by atoms with Crippen molar-refractivity contribution in [2.45, 2.75) is 314 Å². The van der Waals surface area contributed by atoms with Crippen molar-refractivity contribution in [1.82, 2.24) is 5.32 Å². The summed E-state index contributed by atoms with van der Waals surface area (Å²) in [5, 5.41) is 54.4. The van der Waals surface area contributed by atoms with Gasteiger partial charge in [-0.25, -0.2) is 0 Å². The van der Waals surface area contributed by atoms with E-state index >= 15 is 0 Å². The van der Waals surface area contributed by atoms with E-state index in [-0.39, 0.29) is 12.5 Å². The van der Waals surface area contributed by atoms with Crippen LogP contribution in [0.25, 0.3) is 0 Å². The zero-order chi connectivity index (χ0) is 48.7. The second-order valence-electron chi connectivity index (χ2n) is 20.1. The smallest absolute Gasteiger partial charge is 0.220 e. The molecule has 394 valence electrons. The van der Waals surface area contributed by atoms with E-state index in [0.29, 0.717) is 6.42 Å². The predicted octanol–water partition coefficient (Wildman–Crippen LogP) is 14.0. The summed E-state index contributed by atoms with van der Waals surface area (Å²) in [4.78, 5) is 13.0. The van der Waals surface area contributed by atoms with E-state index in [1.165, 1.54) is 212 Å². The molecule has 0 aromatic rings. The third-order valence-corrected chi connectivity index (χ3v) is 13.7. The number of rotatable bonds is 49. The molecule has 0 aliphatic carbocycles. The fourth-order valence-corrected chi connectivity index (χ4v) is 9.11. The highest BCUT2D eigenvalue weighted by molar-refractivity contribution is 5.76. The average molecular weight is 949 g/mol. The Morgan fingerprint density at radius 3 is 1.25 bits per heavy atom. The molecule has 1 aliphatic heterocycles. The number of hydrogen-bond donors (Lipinski definition) is 6. The number of amides is 1. The Hall–Kier alpha value is -1.59. The Labute approximate surface area is 412 Å². The molecule has 1 fully saturated rings. The first-order valence-corrected chi connectivity index (χ1v) is 28.7. The van der Waals surface area contributed by atoms with Gasteiger partial charge in [-0.3, -0.25) is 4.79 Å². The molecule has 1 heterocycles. The lowest BCUT2D eigenvalue weighted by atomic mass is 9.99. The monoisotopic (exact) mass is 948 g/mol. The van der Waals surface area contributed by atoms with Crippen LogP contribution in [0, 0.1) is 0 Å². The van der Waals surface area contributed by atoms with Crippen LogP contribution in [-0.4, -0.2) is 87.5 Å². The van der Waals surface area contributed by atoms with Crippen LogP contribution in [-0.2, 0) is 14.3 Å². The van der Waals surface area contributed by atoms with Crippen molar-refractivity contribution in [3.63, 3.8) is 0 Å². The molecular weight excluding hydrogens is 839 g/mol. The van der Waals surface area contributed by atoms with Gasteiger partial charge in [-0.05, 0) is 57.8 Å². The van der Waals surface area contributed by atoms with Crippen LogP contribution in [0.15, 0.2) is 36.5 Å². The maximum Gasteiger partial charge on any atom is 0.220 e. The summed E-state index contributed by atoms with van der Waals surface area (Å²) in [5.74, 6) is -0.183. The lowest BCUT2D eigenvalue weighted by molar-refractivity contribution is -0.302. The molecule has 0 aromatic carbocycles.